The maximum Gasteiger partial charge on any atom is 0.119 e. The zero-order valence-corrected chi connectivity index (χ0v) is 11.8. The van der Waals surface area contributed by atoms with Gasteiger partial charge in [-0.25, -0.2) is 0 Å². The van der Waals surface area contributed by atoms with Gasteiger partial charge in [0.05, 0.1) is 7.11 Å². The van der Waals surface area contributed by atoms with E-state index in [0.29, 0.717) is 0 Å². The summed E-state index contributed by atoms with van der Waals surface area (Å²) in [7, 11) is 1.68. The number of aryl methyl sites for hydroxylation is 1. The van der Waals surface area contributed by atoms with E-state index in [-0.39, 0.29) is 5.54 Å². The Bertz CT molecular complexity index is 543. The molecule has 0 bridgehead atoms. The Morgan fingerprint density at radius 2 is 1.79 bits per heavy atom. The minimum Gasteiger partial charge on any atom is -0.497 e. The lowest BCUT2D eigenvalue weighted by Gasteiger charge is -2.25. The van der Waals surface area contributed by atoms with Gasteiger partial charge in [-0.05, 0) is 43.5 Å². The molecule has 0 radical (unpaired) electrons. The average molecular weight is 255 g/mol. The van der Waals surface area contributed by atoms with Crippen molar-refractivity contribution in [2.45, 2.75) is 25.8 Å². The minimum absolute atomic E-state index is 0.375. The van der Waals surface area contributed by atoms with Crippen LogP contribution in [-0.4, -0.2) is 7.11 Å². The van der Waals surface area contributed by atoms with E-state index in [4.69, 9.17) is 10.5 Å². The van der Waals surface area contributed by atoms with Gasteiger partial charge in [-0.2, -0.15) is 0 Å². The van der Waals surface area contributed by atoms with E-state index in [1.165, 1.54) is 11.1 Å². The molecular weight excluding hydrogens is 234 g/mol. The van der Waals surface area contributed by atoms with Crippen molar-refractivity contribution in [3.63, 3.8) is 0 Å². The number of ether oxygens (including phenoxy) is 1. The number of benzene rings is 2. The lowest BCUT2D eigenvalue weighted by Crippen LogP contribution is -2.35. The molecule has 2 N–H and O–H groups in total. The molecule has 0 fully saturated rings. The molecule has 0 saturated heterocycles. The van der Waals surface area contributed by atoms with Crippen LogP contribution in [-0.2, 0) is 12.0 Å². The van der Waals surface area contributed by atoms with Gasteiger partial charge in [0.25, 0.3) is 0 Å². The Morgan fingerprint density at radius 1 is 1.11 bits per heavy atom. The summed E-state index contributed by atoms with van der Waals surface area (Å²) in [5.74, 6) is 0.872. The van der Waals surface area contributed by atoms with Gasteiger partial charge < -0.3 is 10.5 Å². The molecule has 19 heavy (non-hydrogen) atoms. The molecule has 0 aromatic heterocycles. The summed E-state index contributed by atoms with van der Waals surface area (Å²) in [6.45, 7) is 4.15. The van der Waals surface area contributed by atoms with Crippen LogP contribution >= 0.6 is 0 Å². The van der Waals surface area contributed by atoms with Crippen molar-refractivity contribution < 1.29 is 4.74 Å². The topological polar surface area (TPSA) is 35.2 Å². The molecule has 2 heteroatoms. The highest BCUT2D eigenvalue weighted by molar-refractivity contribution is 5.33. The molecule has 0 saturated carbocycles. The molecule has 0 amide bonds. The Morgan fingerprint density at radius 3 is 2.42 bits per heavy atom. The van der Waals surface area contributed by atoms with Crippen molar-refractivity contribution in [2.24, 2.45) is 5.73 Å². The third kappa shape index (κ3) is 3.36. The van der Waals surface area contributed by atoms with Crippen molar-refractivity contribution in [3.8, 4) is 5.75 Å². The molecule has 2 aromatic rings. The van der Waals surface area contributed by atoms with Gasteiger partial charge >= 0.3 is 0 Å². The van der Waals surface area contributed by atoms with Crippen molar-refractivity contribution in [1.82, 2.24) is 0 Å². The van der Waals surface area contributed by atoms with E-state index in [2.05, 4.69) is 44.2 Å². The predicted molar refractivity (Wildman–Crippen MR) is 79.4 cm³/mol. The molecule has 2 nitrogen and oxygen atoms in total. The van der Waals surface area contributed by atoms with Gasteiger partial charge in [-0.3, -0.25) is 0 Å². The fourth-order valence-corrected chi connectivity index (χ4v) is 2.24. The van der Waals surface area contributed by atoms with E-state index < -0.39 is 0 Å². The first-order chi connectivity index (χ1) is 9.01. The lowest BCUT2D eigenvalue weighted by molar-refractivity contribution is 0.413. The van der Waals surface area contributed by atoms with E-state index >= 15 is 0 Å². The third-order valence-corrected chi connectivity index (χ3v) is 3.42. The normalized spacial score (nSPS) is 13.9. The summed E-state index contributed by atoms with van der Waals surface area (Å²) < 4.78 is 5.25. The summed E-state index contributed by atoms with van der Waals surface area (Å²) in [5, 5.41) is 0. The number of hydrogen-bond acceptors (Lipinski definition) is 2. The van der Waals surface area contributed by atoms with Crippen LogP contribution in [0.3, 0.4) is 0 Å². The number of nitrogens with two attached hydrogens (primary N) is 1. The Labute approximate surface area is 115 Å². The first-order valence-corrected chi connectivity index (χ1v) is 6.50. The second kappa shape index (κ2) is 5.45. The molecule has 0 heterocycles. The second-order valence-electron chi connectivity index (χ2n) is 5.31. The summed E-state index contributed by atoms with van der Waals surface area (Å²) in [5.41, 5.74) is 9.69. The first-order valence-electron chi connectivity index (χ1n) is 6.50. The lowest BCUT2D eigenvalue weighted by atomic mass is 9.86. The molecule has 0 aliphatic carbocycles. The fraction of sp³-hybridized carbons (Fsp3) is 0.294. The number of methoxy groups -OCH3 is 1. The summed E-state index contributed by atoms with van der Waals surface area (Å²) >= 11 is 0. The van der Waals surface area contributed by atoms with Crippen LogP contribution in [0.1, 0.15) is 23.6 Å². The van der Waals surface area contributed by atoms with Crippen LogP contribution < -0.4 is 10.5 Å². The molecule has 1 atom stereocenters. The molecule has 100 valence electrons. The van der Waals surface area contributed by atoms with Crippen LogP contribution in [0.5, 0.6) is 5.75 Å². The summed E-state index contributed by atoms with van der Waals surface area (Å²) in [4.78, 5) is 0. The molecule has 2 rings (SSSR count). The standard InChI is InChI=1S/C17H21NO/c1-13-7-9-15(10-8-13)17(2,18)12-14-5-4-6-16(11-14)19-3/h4-11H,12,18H2,1-3H3. The van der Waals surface area contributed by atoms with Crippen LogP contribution in [0.4, 0.5) is 0 Å². The highest BCUT2D eigenvalue weighted by Crippen LogP contribution is 2.24. The third-order valence-electron chi connectivity index (χ3n) is 3.42. The molecule has 0 aliphatic heterocycles. The fourth-order valence-electron chi connectivity index (χ4n) is 2.24. The average Bonchev–Trinajstić information content (AvgIpc) is 2.39. The van der Waals surface area contributed by atoms with E-state index in [1.54, 1.807) is 7.11 Å². The maximum atomic E-state index is 6.47. The van der Waals surface area contributed by atoms with Crippen LogP contribution in [0.2, 0.25) is 0 Å². The van der Waals surface area contributed by atoms with Crippen molar-refractivity contribution in [2.75, 3.05) is 7.11 Å². The SMILES string of the molecule is COc1cccc(CC(C)(N)c2ccc(C)cc2)c1. The zero-order valence-electron chi connectivity index (χ0n) is 11.8. The largest absolute Gasteiger partial charge is 0.497 e. The van der Waals surface area contributed by atoms with Crippen LogP contribution in [0.15, 0.2) is 48.5 Å². The van der Waals surface area contributed by atoms with Crippen LogP contribution in [0, 0.1) is 6.92 Å². The number of hydrogen-bond donors (Lipinski definition) is 1. The monoisotopic (exact) mass is 255 g/mol. The second-order valence-corrected chi connectivity index (χ2v) is 5.31. The maximum absolute atomic E-state index is 6.47. The zero-order chi connectivity index (χ0) is 13.9. The van der Waals surface area contributed by atoms with Crippen LogP contribution in [0.25, 0.3) is 0 Å². The summed E-state index contributed by atoms with van der Waals surface area (Å²) in [6, 6.07) is 16.5. The predicted octanol–water partition coefficient (Wildman–Crippen LogP) is 3.42. The van der Waals surface area contributed by atoms with Gasteiger partial charge in [0, 0.05) is 5.54 Å². The molecule has 0 spiro atoms. The number of rotatable bonds is 4. The summed E-state index contributed by atoms with van der Waals surface area (Å²) in [6.07, 6.45) is 0.785. The van der Waals surface area contributed by atoms with E-state index in [0.717, 1.165) is 17.7 Å². The Hall–Kier alpha value is -1.80. The van der Waals surface area contributed by atoms with Gasteiger partial charge in [0.1, 0.15) is 5.75 Å². The van der Waals surface area contributed by atoms with E-state index in [1.807, 2.05) is 18.2 Å². The van der Waals surface area contributed by atoms with Gasteiger partial charge in [-0.1, -0.05) is 42.0 Å². The smallest absolute Gasteiger partial charge is 0.119 e. The molecule has 2 aromatic carbocycles. The van der Waals surface area contributed by atoms with Gasteiger partial charge in [0.15, 0.2) is 0 Å². The van der Waals surface area contributed by atoms with Crippen molar-refractivity contribution in [3.05, 3.63) is 65.2 Å². The van der Waals surface area contributed by atoms with Gasteiger partial charge in [0.2, 0.25) is 0 Å². The Balaban J connectivity index is 2.22. The quantitative estimate of drug-likeness (QED) is 0.908. The van der Waals surface area contributed by atoms with E-state index in [9.17, 15) is 0 Å². The highest BCUT2D eigenvalue weighted by Gasteiger charge is 2.21. The van der Waals surface area contributed by atoms with Gasteiger partial charge in [-0.15, -0.1) is 0 Å². The highest BCUT2D eigenvalue weighted by atomic mass is 16.5. The minimum atomic E-state index is -0.375. The van der Waals surface area contributed by atoms with Crippen molar-refractivity contribution in [1.29, 1.82) is 0 Å². The molecule has 0 aliphatic rings. The van der Waals surface area contributed by atoms with Crippen molar-refractivity contribution >= 4 is 0 Å². The molecular formula is C17H21NO. The first kappa shape index (κ1) is 13.6. The molecule has 1 unspecified atom stereocenters. The Kier molecular flexibility index (Phi) is 3.91.